The molecule has 20 heavy (non-hydrogen) atoms. The molecule has 2 aromatic heterocycles. The molecule has 0 saturated carbocycles. The summed E-state index contributed by atoms with van der Waals surface area (Å²) >= 11 is 0. The lowest BCUT2D eigenvalue weighted by Crippen LogP contribution is -2.10. The first-order valence-corrected chi connectivity index (χ1v) is 5.73. The molecular weight excluding hydrogens is 266 g/mol. The number of hydrogen-bond acceptors (Lipinski definition) is 4. The Kier molecular flexibility index (Phi) is 6.77. The van der Waals surface area contributed by atoms with Crippen molar-refractivity contribution in [1.29, 1.82) is 0 Å². The second kappa shape index (κ2) is 8.65. The molecule has 0 aliphatic carbocycles. The summed E-state index contributed by atoms with van der Waals surface area (Å²) < 4.78 is 24.4. The Morgan fingerprint density at radius 2 is 1.60 bits per heavy atom. The molecule has 7 heteroatoms. The number of rotatable bonds is 4. The molecule has 106 valence electrons. The van der Waals surface area contributed by atoms with E-state index in [1.165, 1.54) is 18.2 Å². The van der Waals surface area contributed by atoms with E-state index in [1.807, 2.05) is 0 Å². The van der Waals surface area contributed by atoms with Crippen molar-refractivity contribution in [3.05, 3.63) is 59.7 Å². The number of halogens is 2. The minimum absolute atomic E-state index is 0.327. The van der Waals surface area contributed by atoms with E-state index >= 15 is 0 Å². The smallest absolute Gasteiger partial charge is 0.207 e. The second-order valence-electron chi connectivity index (χ2n) is 3.64. The van der Waals surface area contributed by atoms with E-state index in [0.29, 0.717) is 30.9 Å². The zero-order valence-corrected chi connectivity index (χ0v) is 10.6. The molecule has 0 spiro atoms. The van der Waals surface area contributed by atoms with Crippen molar-refractivity contribution in [2.75, 3.05) is 0 Å². The highest BCUT2D eigenvalue weighted by atomic mass is 19.1. The Hall–Kier alpha value is -2.41. The van der Waals surface area contributed by atoms with Crippen LogP contribution in [0.4, 0.5) is 8.78 Å². The highest BCUT2D eigenvalue weighted by Gasteiger charge is 1.92. The lowest BCUT2D eigenvalue weighted by Gasteiger charge is -1.96. The number of pyridine rings is 2. The summed E-state index contributed by atoms with van der Waals surface area (Å²) in [5.74, 6) is -0.702. The molecule has 2 heterocycles. The number of nitrogens with zero attached hydrogens (tertiary/aromatic N) is 2. The fourth-order valence-corrected chi connectivity index (χ4v) is 1.18. The third-order valence-electron chi connectivity index (χ3n) is 2.15. The lowest BCUT2D eigenvalue weighted by molar-refractivity contribution is -0.109. The maximum atomic E-state index is 12.3. The molecule has 0 atom stereocenters. The van der Waals surface area contributed by atoms with Gasteiger partial charge in [0.2, 0.25) is 6.41 Å². The zero-order valence-electron chi connectivity index (χ0n) is 10.6. The number of amides is 1. The lowest BCUT2D eigenvalue weighted by atomic mass is 10.3. The van der Waals surface area contributed by atoms with Gasteiger partial charge in [-0.05, 0) is 24.3 Å². The third-order valence-corrected chi connectivity index (χ3v) is 2.15. The van der Waals surface area contributed by atoms with E-state index in [1.54, 1.807) is 6.07 Å². The van der Waals surface area contributed by atoms with Crippen molar-refractivity contribution in [1.82, 2.24) is 15.3 Å². The predicted octanol–water partition coefficient (Wildman–Crippen LogP) is 1.15. The molecule has 5 nitrogen and oxygen atoms in total. The fraction of sp³-hybridized carbons (Fsp3) is 0.154. The first-order valence-electron chi connectivity index (χ1n) is 5.73. The normalized spacial score (nSPS) is 9.35. The Labute approximate surface area is 114 Å². The first kappa shape index (κ1) is 15.6. The number of carbonyl (C=O) groups is 1. The average Bonchev–Trinajstić information content (AvgIpc) is 2.48. The summed E-state index contributed by atoms with van der Waals surface area (Å²) in [6.45, 7) is 0.698. The second-order valence-corrected chi connectivity index (χ2v) is 3.64. The van der Waals surface area contributed by atoms with Gasteiger partial charge in [0, 0.05) is 6.54 Å². The molecule has 1 amide bonds. The Morgan fingerprint density at radius 3 is 2.00 bits per heavy atom. The Morgan fingerprint density at radius 1 is 1.05 bits per heavy atom. The summed E-state index contributed by atoms with van der Waals surface area (Å²) in [7, 11) is 0. The van der Waals surface area contributed by atoms with Crippen LogP contribution in [-0.2, 0) is 17.9 Å². The minimum Gasteiger partial charge on any atom is -0.353 e. The van der Waals surface area contributed by atoms with Gasteiger partial charge in [0.25, 0.3) is 0 Å². The molecule has 3 N–H and O–H groups in total. The number of nitrogens with two attached hydrogens (primary N) is 1. The maximum absolute atomic E-state index is 12.3. The van der Waals surface area contributed by atoms with Gasteiger partial charge >= 0.3 is 0 Å². The van der Waals surface area contributed by atoms with E-state index in [4.69, 9.17) is 5.73 Å². The van der Waals surface area contributed by atoms with Crippen LogP contribution in [0.2, 0.25) is 0 Å². The standard InChI is InChI=1S/C7H7FN2O.C6H7FN2/c8-6-1-2-7(10-3-6)4-9-5-11;7-5-1-2-6(3-8)9-4-5/h1-3,5H,4H2,(H,9,11);1-2,4H,3,8H2. The summed E-state index contributed by atoms with van der Waals surface area (Å²) in [6.07, 6.45) is 2.84. The monoisotopic (exact) mass is 280 g/mol. The molecule has 0 unspecified atom stereocenters. The Bertz CT molecular complexity index is 517. The van der Waals surface area contributed by atoms with E-state index in [-0.39, 0.29) is 11.6 Å². The zero-order chi connectivity index (χ0) is 14.8. The SMILES string of the molecule is NCc1ccc(F)cn1.O=CNCc1ccc(F)cn1. The van der Waals surface area contributed by atoms with Crippen molar-refractivity contribution in [3.8, 4) is 0 Å². The van der Waals surface area contributed by atoms with E-state index < -0.39 is 0 Å². The quantitative estimate of drug-likeness (QED) is 0.823. The van der Waals surface area contributed by atoms with Crippen LogP contribution in [0.5, 0.6) is 0 Å². The van der Waals surface area contributed by atoms with Crippen LogP contribution in [-0.4, -0.2) is 16.4 Å². The highest BCUT2D eigenvalue weighted by molar-refractivity contribution is 5.45. The van der Waals surface area contributed by atoms with E-state index in [9.17, 15) is 13.6 Å². The molecule has 0 radical (unpaired) electrons. The Balaban J connectivity index is 0.000000204. The van der Waals surface area contributed by atoms with Gasteiger partial charge in [0.15, 0.2) is 0 Å². The van der Waals surface area contributed by atoms with Crippen molar-refractivity contribution >= 4 is 6.41 Å². The van der Waals surface area contributed by atoms with Gasteiger partial charge in [-0.2, -0.15) is 0 Å². The van der Waals surface area contributed by atoms with Crippen LogP contribution in [0, 0.1) is 11.6 Å². The fourth-order valence-electron chi connectivity index (χ4n) is 1.18. The number of nitrogens with one attached hydrogen (secondary N) is 1. The first-order chi connectivity index (χ1) is 9.65. The predicted molar refractivity (Wildman–Crippen MR) is 69.2 cm³/mol. The van der Waals surface area contributed by atoms with Gasteiger partial charge < -0.3 is 11.1 Å². The van der Waals surface area contributed by atoms with Crippen molar-refractivity contribution in [2.45, 2.75) is 13.1 Å². The average molecular weight is 280 g/mol. The highest BCUT2D eigenvalue weighted by Crippen LogP contribution is 1.96. The van der Waals surface area contributed by atoms with Crippen LogP contribution in [0.25, 0.3) is 0 Å². The van der Waals surface area contributed by atoms with Crippen LogP contribution in [0.1, 0.15) is 11.4 Å². The number of hydrogen-bond donors (Lipinski definition) is 2. The third kappa shape index (κ3) is 5.96. The molecule has 0 aliphatic heterocycles. The molecule has 2 rings (SSSR count). The summed E-state index contributed by atoms with van der Waals surface area (Å²) in [4.78, 5) is 17.2. The summed E-state index contributed by atoms with van der Waals surface area (Å²) in [5.41, 5.74) is 6.56. The van der Waals surface area contributed by atoms with Gasteiger partial charge in [-0.1, -0.05) is 0 Å². The van der Waals surface area contributed by atoms with E-state index in [2.05, 4.69) is 15.3 Å². The van der Waals surface area contributed by atoms with Gasteiger partial charge in [-0.15, -0.1) is 0 Å². The van der Waals surface area contributed by atoms with Gasteiger partial charge in [0.05, 0.1) is 30.3 Å². The molecule has 0 fully saturated rings. The molecular formula is C13H14F2N4O. The molecule has 2 aromatic rings. The number of carbonyl (C=O) groups excluding carboxylic acids is 1. The van der Waals surface area contributed by atoms with Crippen molar-refractivity contribution in [3.63, 3.8) is 0 Å². The summed E-state index contributed by atoms with van der Waals surface area (Å²) in [6, 6.07) is 5.73. The molecule has 0 bridgehead atoms. The molecule has 0 saturated heterocycles. The van der Waals surface area contributed by atoms with Crippen LogP contribution >= 0.6 is 0 Å². The van der Waals surface area contributed by atoms with Gasteiger partial charge in [-0.25, -0.2) is 8.78 Å². The largest absolute Gasteiger partial charge is 0.353 e. The number of aromatic nitrogens is 2. The van der Waals surface area contributed by atoms with Gasteiger partial charge in [0.1, 0.15) is 11.6 Å². The maximum Gasteiger partial charge on any atom is 0.207 e. The minimum atomic E-state index is -0.375. The topological polar surface area (TPSA) is 80.9 Å². The van der Waals surface area contributed by atoms with Crippen LogP contribution in [0.15, 0.2) is 36.7 Å². The van der Waals surface area contributed by atoms with Crippen LogP contribution < -0.4 is 11.1 Å². The summed E-state index contributed by atoms with van der Waals surface area (Å²) in [5, 5.41) is 2.42. The molecule has 0 aromatic carbocycles. The van der Waals surface area contributed by atoms with E-state index in [0.717, 1.165) is 12.4 Å². The van der Waals surface area contributed by atoms with Crippen LogP contribution in [0.3, 0.4) is 0 Å². The van der Waals surface area contributed by atoms with Crippen molar-refractivity contribution in [2.24, 2.45) is 5.73 Å². The van der Waals surface area contributed by atoms with Crippen molar-refractivity contribution < 1.29 is 13.6 Å². The molecule has 0 aliphatic rings. The van der Waals surface area contributed by atoms with Gasteiger partial charge in [-0.3, -0.25) is 14.8 Å².